The largest absolute Gasteiger partial charge is 0.507 e. The number of phenolic OH excluding ortho intramolecular Hbond substituents is 1. The molecule has 4 heteroatoms. The summed E-state index contributed by atoms with van der Waals surface area (Å²) in [5, 5.41) is 22.9. The minimum absolute atomic E-state index is 0.0280. The van der Waals surface area contributed by atoms with Gasteiger partial charge in [0.05, 0.1) is 19.8 Å². The molecule has 0 saturated heterocycles. The molecule has 2 aromatic rings. The first kappa shape index (κ1) is 15.4. The topological polar surface area (TPSA) is 61.7 Å². The summed E-state index contributed by atoms with van der Waals surface area (Å²) >= 11 is 0. The lowest BCUT2D eigenvalue weighted by Gasteiger charge is -2.24. The molecule has 2 aromatic carbocycles. The Bertz CT molecular complexity index is 572. The highest BCUT2D eigenvalue weighted by Gasteiger charge is 2.19. The van der Waals surface area contributed by atoms with E-state index >= 15 is 0 Å². The molecular formula is C17H21NO3. The quantitative estimate of drug-likeness (QED) is 0.764. The van der Waals surface area contributed by atoms with Crippen molar-refractivity contribution >= 4 is 0 Å². The molecule has 2 unspecified atom stereocenters. The summed E-state index contributed by atoms with van der Waals surface area (Å²) in [6.45, 7) is 1.93. The highest BCUT2D eigenvalue weighted by molar-refractivity contribution is 5.45. The second kappa shape index (κ2) is 7.11. The lowest BCUT2D eigenvalue weighted by Crippen LogP contribution is -2.33. The van der Waals surface area contributed by atoms with Crippen LogP contribution in [0.15, 0.2) is 48.5 Å². The number of phenols is 1. The zero-order chi connectivity index (χ0) is 15.2. The number of benzene rings is 2. The van der Waals surface area contributed by atoms with Crippen LogP contribution in [0.25, 0.3) is 0 Å². The van der Waals surface area contributed by atoms with E-state index in [1.807, 2.05) is 49.4 Å². The molecule has 0 radical (unpaired) electrons. The second-order valence-electron chi connectivity index (χ2n) is 5.02. The average Bonchev–Trinajstić information content (AvgIpc) is 2.53. The molecule has 0 aliphatic rings. The van der Waals surface area contributed by atoms with Crippen LogP contribution >= 0.6 is 0 Å². The third-order valence-corrected chi connectivity index (χ3v) is 3.41. The molecule has 0 spiro atoms. The van der Waals surface area contributed by atoms with E-state index in [0.717, 1.165) is 11.1 Å². The van der Waals surface area contributed by atoms with Crippen LogP contribution in [0.3, 0.4) is 0 Å². The van der Waals surface area contributed by atoms with Crippen LogP contribution in [0.4, 0.5) is 0 Å². The van der Waals surface area contributed by atoms with E-state index in [9.17, 15) is 10.2 Å². The van der Waals surface area contributed by atoms with Gasteiger partial charge in [0.1, 0.15) is 11.5 Å². The molecule has 0 aliphatic heterocycles. The third-order valence-electron chi connectivity index (χ3n) is 3.41. The molecule has 112 valence electrons. The molecule has 0 aliphatic carbocycles. The van der Waals surface area contributed by atoms with Gasteiger partial charge in [0, 0.05) is 17.7 Å². The molecule has 3 N–H and O–H groups in total. The monoisotopic (exact) mass is 287 g/mol. The lowest BCUT2D eigenvalue weighted by atomic mass is 9.97. The van der Waals surface area contributed by atoms with Crippen molar-refractivity contribution in [3.8, 4) is 11.5 Å². The standard InChI is InChI=1S/C17H21NO3/c1-12(11-19)18-17(13-6-4-3-5-7-13)15-9-8-14(21-2)10-16(15)20/h3-10,12,17-20H,11H2,1-2H3. The molecule has 4 nitrogen and oxygen atoms in total. The molecule has 0 bridgehead atoms. The first-order valence-corrected chi connectivity index (χ1v) is 6.94. The fourth-order valence-electron chi connectivity index (χ4n) is 2.24. The molecule has 0 fully saturated rings. The highest BCUT2D eigenvalue weighted by atomic mass is 16.5. The molecule has 2 atom stereocenters. The van der Waals surface area contributed by atoms with E-state index in [0.29, 0.717) is 5.75 Å². The minimum Gasteiger partial charge on any atom is -0.507 e. The van der Waals surface area contributed by atoms with E-state index < -0.39 is 0 Å². The van der Waals surface area contributed by atoms with Gasteiger partial charge in [-0.25, -0.2) is 0 Å². The van der Waals surface area contributed by atoms with Crippen molar-refractivity contribution < 1.29 is 14.9 Å². The van der Waals surface area contributed by atoms with Crippen LogP contribution in [-0.4, -0.2) is 30.0 Å². The average molecular weight is 287 g/mol. The number of hydrogen-bond acceptors (Lipinski definition) is 4. The Hall–Kier alpha value is -2.04. The number of ether oxygens (including phenoxy) is 1. The predicted molar refractivity (Wildman–Crippen MR) is 82.6 cm³/mol. The molecule has 21 heavy (non-hydrogen) atoms. The molecule has 0 aromatic heterocycles. The van der Waals surface area contributed by atoms with E-state index in [2.05, 4.69) is 5.32 Å². The van der Waals surface area contributed by atoms with E-state index in [1.54, 1.807) is 13.2 Å². The Balaban J connectivity index is 2.40. The smallest absolute Gasteiger partial charge is 0.124 e. The molecule has 0 amide bonds. The molecular weight excluding hydrogens is 266 g/mol. The number of aliphatic hydroxyl groups excluding tert-OH is 1. The van der Waals surface area contributed by atoms with Gasteiger partial charge >= 0.3 is 0 Å². The van der Waals surface area contributed by atoms with Crippen molar-refractivity contribution in [2.45, 2.75) is 19.0 Å². The van der Waals surface area contributed by atoms with E-state index in [4.69, 9.17) is 4.74 Å². The summed E-state index contributed by atoms with van der Waals surface area (Å²) in [5.41, 5.74) is 1.78. The van der Waals surface area contributed by atoms with Crippen molar-refractivity contribution in [2.24, 2.45) is 0 Å². The Morgan fingerprint density at radius 2 is 1.86 bits per heavy atom. The number of aromatic hydroxyl groups is 1. The van der Waals surface area contributed by atoms with Crippen LogP contribution < -0.4 is 10.1 Å². The zero-order valence-corrected chi connectivity index (χ0v) is 12.3. The van der Waals surface area contributed by atoms with Gasteiger partial charge in [-0.05, 0) is 24.6 Å². The van der Waals surface area contributed by atoms with Gasteiger partial charge in [-0.1, -0.05) is 30.3 Å². The van der Waals surface area contributed by atoms with Gasteiger partial charge in [0.15, 0.2) is 0 Å². The summed E-state index contributed by atoms with van der Waals surface area (Å²) in [6.07, 6.45) is 0. The highest BCUT2D eigenvalue weighted by Crippen LogP contribution is 2.32. The summed E-state index contributed by atoms with van der Waals surface area (Å²) in [5.74, 6) is 0.777. The first-order valence-electron chi connectivity index (χ1n) is 6.94. The Kier molecular flexibility index (Phi) is 5.20. The predicted octanol–water partition coefficient (Wildman–Crippen LogP) is 2.46. The van der Waals surface area contributed by atoms with Crippen LogP contribution in [0.2, 0.25) is 0 Å². The van der Waals surface area contributed by atoms with Gasteiger partial charge in [0.2, 0.25) is 0 Å². The number of hydrogen-bond donors (Lipinski definition) is 3. The minimum atomic E-state index is -0.195. The number of nitrogens with one attached hydrogen (secondary N) is 1. The molecule has 0 saturated carbocycles. The van der Waals surface area contributed by atoms with Gasteiger partial charge < -0.3 is 20.3 Å². The van der Waals surface area contributed by atoms with Crippen molar-refractivity contribution in [3.63, 3.8) is 0 Å². The van der Waals surface area contributed by atoms with Gasteiger partial charge in [-0.3, -0.25) is 0 Å². The Morgan fingerprint density at radius 3 is 2.43 bits per heavy atom. The van der Waals surface area contributed by atoms with E-state index in [-0.39, 0.29) is 24.4 Å². The van der Waals surface area contributed by atoms with E-state index in [1.165, 1.54) is 0 Å². The van der Waals surface area contributed by atoms with Crippen molar-refractivity contribution in [3.05, 3.63) is 59.7 Å². The SMILES string of the molecule is COc1ccc(C(NC(C)CO)c2ccccc2)c(O)c1. The first-order chi connectivity index (χ1) is 10.2. The normalized spacial score (nSPS) is 13.7. The third kappa shape index (κ3) is 3.74. The van der Waals surface area contributed by atoms with Crippen LogP contribution in [0, 0.1) is 0 Å². The Morgan fingerprint density at radius 1 is 1.14 bits per heavy atom. The Labute approximate surface area is 125 Å². The maximum Gasteiger partial charge on any atom is 0.124 e. The van der Waals surface area contributed by atoms with Crippen LogP contribution in [0.5, 0.6) is 11.5 Å². The zero-order valence-electron chi connectivity index (χ0n) is 12.3. The summed E-state index contributed by atoms with van der Waals surface area (Å²) in [4.78, 5) is 0. The number of methoxy groups -OCH3 is 1. The molecule has 2 rings (SSSR count). The molecule has 0 heterocycles. The summed E-state index contributed by atoms with van der Waals surface area (Å²) in [6, 6.07) is 14.8. The number of aliphatic hydroxyl groups is 1. The maximum atomic E-state index is 10.3. The van der Waals surface area contributed by atoms with Crippen LogP contribution in [0.1, 0.15) is 24.1 Å². The van der Waals surface area contributed by atoms with Crippen LogP contribution in [-0.2, 0) is 0 Å². The fraction of sp³-hybridized carbons (Fsp3) is 0.294. The van der Waals surface area contributed by atoms with Crippen molar-refractivity contribution in [1.82, 2.24) is 5.32 Å². The summed E-state index contributed by atoms with van der Waals surface area (Å²) < 4.78 is 5.12. The van der Waals surface area contributed by atoms with Gasteiger partial charge in [-0.15, -0.1) is 0 Å². The van der Waals surface area contributed by atoms with Crippen molar-refractivity contribution in [1.29, 1.82) is 0 Å². The van der Waals surface area contributed by atoms with Crippen molar-refractivity contribution in [2.75, 3.05) is 13.7 Å². The lowest BCUT2D eigenvalue weighted by molar-refractivity contribution is 0.245. The van der Waals surface area contributed by atoms with Gasteiger partial charge in [0.25, 0.3) is 0 Å². The second-order valence-corrected chi connectivity index (χ2v) is 5.02. The fourth-order valence-corrected chi connectivity index (χ4v) is 2.24. The maximum absolute atomic E-state index is 10.3. The summed E-state index contributed by atoms with van der Waals surface area (Å²) in [7, 11) is 1.56. The van der Waals surface area contributed by atoms with Gasteiger partial charge in [-0.2, -0.15) is 0 Å². The number of rotatable bonds is 6.